The zero-order valence-corrected chi connectivity index (χ0v) is 15.0. The van der Waals surface area contributed by atoms with Gasteiger partial charge in [-0.1, -0.05) is 36.4 Å². The molecular formula is C22H26N4. The van der Waals surface area contributed by atoms with Gasteiger partial charge in [0.25, 0.3) is 0 Å². The van der Waals surface area contributed by atoms with Crippen LogP contribution in [0.15, 0.2) is 60.9 Å². The lowest BCUT2D eigenvalue weighted by Crippen LogP contribution is -2.29. The summed E-state index contributed by atoms with van der Waals surface area (Å²) in [6, 6.07) is 17.0. The predicted octanol–water partition coefficient (Wildman–Crippen LogP) is 3.61. The second-order valence-corrected chi connectivity index (χ2v) is 6.72. The fraction of sp³-hybridized carbons (Fsp3) is 0.273. The number of aromatic amines is 2. The Morgan fingerprint density at radius 2 is 1.04 bits per heavy atom. The molecule has 0 aliphatic heterocycles. The number of H-pyrrole nitrogens is 2. The van der Waals surface area contributed by atoms with Gasteiger partial charge in [-0.15, -0.1) is 0 Å². The molecule has 4 nitrogen and oxygen atoms in total. The summed E-state index contributed by atoms with van der Waals surface area (Å²) in [6.45, 7) is 4.00. The minimum absolute atomic E-state index is 0.996. The topological polar surface area (TPSA) is 55.6 Å². The van der Waals surface area contributed by atoms with E-state index in [1.165, 1.54) is 32.9 Å². The Morgan fingerprint density at radius 3 is 1.54 bits per heavy atom. The van der Waals surface area contributed by atoms with Gasteiger partial charge >= 0.3 is 0 Å². The van der Waals surface area contributed by atoms with Crippen LogP contribution in [0.2, 0.25) is 0 Å². The summed E-state index contributed by atoms with van der Waals surface area (Å²) in [5.74, 6) is 0. The van der Waals surface area contributed by atoms with Crippen molar-refractivity contribution >= 4 is 21.8 Å². The molecule has 134 valence electrons. The molecule has 0 atom stereocenters. The van der Waals surface area contributed by atoms with Crippen molar-refractivity contribution < 1.29 is 0 Å². The highest BCUT2D eigenvalue weighted by molar-refractivity contribution is 5.83. The van der Waals surface area contributed by atoms with Gasteiger partial charge in [0.05, 0.1) is 0 Å². The van der Waals surface area contributed by atoms with Crippen LogP contribution in [-0.2, 0) is 12.8 Å². The molecule has 4 heteroatoms. The molecule has 4 aromatic rings. The van der Waals surface area contributed by atoms with Gasteiger partial charge in [-0.2, -0.15) is 0 Å². The summed E-state index contributed by atoms with van der Waals surface area (Å²) >= 11 is 0. The molecule has 0 spiro atoms. The van der Waals surface area contributed by atoms with E-state index in [2.05, 4.69) is 81.5 Å². The fourth-order valence-corrected chi connectivity index (χ4v) is 3.55. The largest absolute Gasteiger partial charge is 0.361 e. The van der Waals surface area contributed by atoms with E-state index in [0.717, 1.165) is 39.0 Å². The van der Waals surface area contributed by atoms with Crippen LogP contribution in [0.3, 0.4) is 0 Å². The Hall–Kier alpha value is -2.56. The summed E-state index contributed by atoms with van der Waals surface area (Å²) in [7, 11) is 0. The molecule has 0 bridgehead atoms. The number of hydrogen-bond donors (Lipinski definition) is 4. The van der Waals surface area contributed by atoms with E-state index in [-0.39, 0.29) is 0 Å². The summed E-state index contributed by atoms with van der Waals surface area (Å²) in [5.41, 5.74) is 5.23. The first kappa shape index (κ1) is 16.9. The second-order valence-electron chi connectivity index (χ2n) is 6.72. The highest BCUT2D eigenvalue weighted by Crippen LogP contribution is 2.18. The highest BCUT2D eigenvalue weighted by atomic mass is 14.9. The lowest BCUT2D eigenvalue weighted by atomic mass is 10.1. The van der Waals surface area contributed by atoms with Gasteiger partial charge in [-0.05, 0) is 49.2 Å². The van der Waals surface area contributed by atoms with Crippen molar-refractivity contribution in [3.63, 3.8) is 0 Å². The number of fused-ring (bicyclic) bond motifs is 2. The lowest BCUT2D eigenvalue weighted by molar-refractivity contribution is 0.612. The lowest BCUT2D eigenvalue weighted by Gasteiger charge is -2.06. The normalized spacial score (nSPS) is 11.5. The smallest absolute Gasteiger partial charge is 0.0456 e. The van der Waals surface area contributed by atoms with Crippen LogP contribution in [0.4, 0.5) is 0 Å². The maximum absolute atomic E-state index is 3.53. The van der Waals surface area contributed by atoms with E-state index in [1.807, 2.05) is 0 Å². The number of aromatic nitrogens is 2. The minimum atomic E-state index is 0.996. The Kier molecular flexibility index (Phi) is 5.33. The number of para-hydroxylation sites is 2. The zero-order chi connectivity index (χ0) is 17.6. The van der Waals surface area contributed by atoms with Crippen LogP contribution in [0, 0.1) is 0 Å². The minimum Gasteiger partial charge on any atom is -0.361 e. The van der Waals surface area contributed by atoms with Crippen molar-refractivity contribution in [2.75, 3.05) is 26.2 Å². The monoisotopic (exact) mass is 346 g/mol. The Bertz CT molecular complexity index is 886. The summed E-state index contributed by atoms with van der Waals surface area (Å²) < 4.78 is 0. The van der Waals surface area contributed by atoms with E-state index in [1.54, 1.807) is 0 Å². The molecule has 0 amide bonds. The molecule has 4 N–H and O–H groups in total. The molecule has 0 saturated heterocycles. The van der Waals surface area contributed by atoms with Gasteiger partial charge in [-0.3, -0.25) is 0 Å². The summed E-state index contributed by atoms with van der Waals surface area (Å²) in [6.07, 6.45) is 6.37. The maximum Gasteiger partial charge on any atom is 0.0456 e. The highest BCUT2D eigenvalue weighted by Gasteiger charge is 2.03. The van der Waals surface area contributed by atoms with Gasteiger partial charge in [0, 0.05) is 47.3 Å². The quantitative estimate of drug-likeness (QED) is 0.350. The van der Waals surface area contributed by atoms with Crippen LogP contribution in [-0.4, -0.2) is 36.1 Å². The Labute approximate surface area is 154 Å². The summed E-state index contributed by atoms with van der Waals surface area (Å²) in [4.78, 5) is 6.68. The molecule has 0 aliphatic rings. The Balaban J connectivity index is 1.13. The molecule has 0 fully saturated rings. The third-order valence-corrected chi connectivity index (χ3v) is 4.97. The SMILES string of the molecule is c1ccc2c(CCNCCNCCc3c[nH]c4ccccc34)c[nH]c2c1. The molecule has 0 unspecified atom stereocenters. The molecule has 2 aromatic carbocycles. The molecule has 0 radical (unpaired) electrons. The number of nitrogens with one attached hydrogen (secondary N) is 4. The third kappa shape index (κ3) is 3.82. The van der Waals surface area contributed by atoms with Crippen LogP contribution in [0.1, 0.15) is 11.1 Å². The first-order valence-electron chi connectivity index (χ1n) is 9.43. The molecule has 0 saturated carbocycles. The number of benzene rings is 2. The molecular weight excluding hydrogens is 320 g/mol. The maximum atomic E-state index is 3.53. The van der Waals surface area contributed by atoms with E-state index >= 15 is 0 Å². The average molecular weight is 346 g/mol. The molecule has 2 aromatic heterocycles. The average Bonchev–Trinajstić information content (AvgIpc) is 3.28. The van der Waals surface area contributed by atoms with E-state index in [9.17, 15) is 0 Å². The Morgan fingerprint density at radius 1 is 0.577 bits per heavy atom. The van der Waals surface area contributed by atoms with Crippen molar-refractivity contribution in [2.24, 2.45) is 0 Å². The fourth-order valence-electron chi connectivity index (χ4n) is 3.55. The molecule has 2 heterocycles. The number of rotatable bonds is 9. The van der Waals surface area contributed by atoms with Crippen LogP contribution in [0.25, 0.3) is 21.8 Å². The van der Waals surface area contributed by atoms with Crippen molar-refractivity contribution in [2.45, 2.75) is 12.8 Å². The van der Waals surface area contributed by atoms with E-state index in [4.69, 9.17) is 0 Å². The van der Waals surface area contributed by atoms with Crippen LogP contribution < -0.4 is 10.6 Å². The van der Waals surface area contributed by atoms with Crippen molar-refractivity contribution in [3.05, 3.63) is 72.1 Å². The van der Waals surface area contributed by atoms with Crippen molar-refractivity contribution in [1.29, 1.82) is 0 Å². The van der Waals surface area contributed by atoms with Crippen molar-refractivity contribution in [3.8, 4) is 0 Å². The van der Waals surface area contributed by atoms with E-state index in [0.29, 0.717) is 0 Å². The predicted molar refractivity (Wildman–Crippen MR) is 110 cm³/mol. The van der Waals surface area contributed by atoms with Gasteiger partial charge in [0.2, 0.25) is 0 Å². The van der Waals surface area contributed by atoms with Gasteiger partial charge in [-0.25, -0.2) is 0 Å². The molecule has 26 heavy (non-hydrogen) atoms. The molecule has 0 aliphatic carbocycles. The van der Waals surface area contributed by atoms with Gasteiger partial charge in [0.15, 0.2) is 0 Å². The van der Waals surface area contributed by atoms with Crippen LogP contribution in [0.5, 0.6) is 0 Å². The van der Waals surface area contributed by atoms with Crippen LogP contribution >= 0.6 is 0 Å². The standard InChI is InChI=1S/C22H26N4/c1-3-7-21-19(5-1)17(15-25-21)9-11-23-13-14-24-12-10-18-16-26-22-8-4-2-6-20(18)22/h1-8,15-16,23-26H,9-14H2. The number of hydrogen-bond acceptors (Lipinski definition) is 2. The summed E-state index contributed by atoms with van der Waals surface area (Å²) in [5, 5.41) is 9.74. The first-order chi connectivity index (χ1) is 12.9. The van der Waals surface area contributed by atoms with Gasteiger partial charge < -0.3 is 20.6 Å². The third-order valence-electron chi connectivity index (χ3n) is 4.97. The van der Waals surface area contributed by atoms with Crippen molar-refractivity contribution in [1.82, 2.24) is 20.6 Å². The zero-order valence-electron chi connectivity index (χ0n) is 15.0. The van der Waals surface area contributed by atoms with E-state index < -0.39 is 0 Å². The molecule has 4 rings (SSSR count). The second kappa shape index (κ2) is 8.21. The van der Waals surface area contributed by atoms with Gasteiger partial charge in [0.1, 0.15) is 0 Å². The first-order valence-corrected chi connectivity index (χ1v) is 9.43.